The second kappa shape index (κ2) is 13.1. The molecule has 1 heterocycles. The number of sulfonamides is 1. The van der Waals surface area contributed by atoms with Gasteiger partial charge in [0.15, 0.2) is 6.10 Å². The van der Waals surface area contributed by atoms with Crippen LogP contribution in [-0.2, 0) is 27.8 Å². The van der Waals surface area contributed by atoms with Crippen LogP contribution in [0.5, 0.6) is 11.5 Å². The Morgan fingerprint density at radius 1 is 1.21 bits per heavy atom. The minimum absolute atomic E-state index is 0.0135. The molecule has 0 aliphatic heterocycles. The molecule has 0 aliphatic rings. The predicted molar refractivity (Wildman–Crippen MR) is 149 cm³/mol. The molecule has 9 nitrogen and oxygen atoms in total. The van der Waals surface area contributed by atoms with Crippen LogP contribution in [0.2, 0.25) is 0 Å². The summed E-state index contributed by atoms with van der Waals surface area (Å²) in [5, 5.41) is 21.6. The Bertz CT molecular complexity index is 1460. The largest absolute Gasteiger partial charge is 0.495 e. The van der Waals surface area contributed by atoms with Gasteiger partial charge in [0.05, 0.1) is 36.0 Å². The maximum absolute atomic E-state index is 14.0. The van der Waals surface area contributed by atoms with Gasteiger partial charge in [-0.15, -0.1) is 11.3 Å². The van der Waals surface area contributed by atoms with E-state index in [0.717, 1.165) is 10.6 Å². The molecule has 39 heavy (non-hydrogen) atoms. The SMILES string of the molecule is CCC(Oc1cc(C(C)C)ccc1CCN(Cc1csc(C)n1)S(=O)(=O)c1cc(C#N)ccc1OC)C(=O)O. The molecule has 0 aliphatic carbocycles. The number of ether oxygens (including phenoxy) is 2. The lowest BCUT2D eigenvalue weighted by Crippen LogP contribution is -2.33. The van der Waals surface area contributed by atoms with Crippen molar-refractivity contribution in [3.8, 4) is 17.6 Å². The van der Waals surface area contributed by atoms with Crippen LogP contribution in [0.1, 0.15) is 60.5 Å². The molecule has 1 N–H and O–H groups in total. The van der Waals surface area contributed by atoms with Gasteiger partial charge in [0, 0.05) is 11.9 Å². The second-order valence-corrected chi connectivity index (χ2v) is 12.3. The Hall–Kier alpha value is -3.46. The lowest BCUT2D eigenvalue weighted by Gasteiger charge is -2.24. The number of benzene rings is 2. The van der Waals surface area contributed by atoms with Crippen LogP contribution in [0.15, 0.2) is 46.7 Å². The molecule has 1 atom stereocenters. The summed E-state index contributed by atoms with van der Waals surface area (Å²) in [5.74, 6) is -0.325. The maximum atomic E-state index is 14.0. The zero-order chi connectivity index (χ0) is 28.7. The first kappa shape index (κ1) is 30.1. The van der Waals surface area contributed by atoms with Crippen molar-refractivity contribution in [3.63, 3.8) is 0 Å². The molecule has 3 rings (SSSR count). The summed E-state index contributed by atoms with van der Waals surface area (Å²) in [6, 6.07) is 11.9. The van der Waals surface area contributed by atoms with E-state index in [2.05, 4.69) is 4.98 Å². The fraction of sp³-hybridized carbons (Fsp3) is 0.393. The van der Waals surface area contributed by atoms with Crippen molar-refractivity contribution in [3.05, 3.63) is 69.2 Å². The van der Waals surface area contributed by atoms with Crippen molar-refractivity contribution in [2.45, 2.75) is 64.0 Å². The van der Waals surface area contributed by atoms with Crippen LogP contribution in [0.4, 0.5) is 0 Å². The number of aromatic nitrogens is 1. The van der Waals surface area contributed by atoms with Crippen molar-refractivity contribution in [2.24, 2.45) is 0 Å². The first-order chi connectivity index (χ1) is 18.5. The second-order valence-electron chi connectivity index (χ2n) is 9.30. The highest BCUT2D eigenvalue weighted by Gasteiger charge is 2.30. The molecule has 208 valence electrons. The molecule has 0 radical (unpaired) electrons. The van der Waals surface area contributed by atoms with Crippen LogP contribution in [0, 0.1) is 18.3 Å². The van der Waals surface area contributed by atoms with E-state index in [1.807, 2.05) is 50.4 Å². The number of carboxylic acids is 1. The lowest BCUT2D eigenvalue weighted by molar-refractivity contribution is -0.145. The Morgan fingerprint density at radius 2 is 1.95 bits per heavy atom. The summed E-state index contributed by atoms with van der Waals surface area (Å²) in [7, 11) is -2.75. The van der Waals surface area contributed by atoms with Crippen LogP contribution >= 0.6 is 11.3 Å². The average Bonchev–Trinajstić information content (AvgIpc) is 3.33. The van der Waals surface area contributed by atoms with Gasteiger partial charge in [0.2, 0.25) is 10.0 Å². The number of methoxy groups -OCH3 is 1. The molecule has 2 aromatic carbocycles. The van der Waals surface area contributed by atoms with Gasteiger partial charge in [-0.3, -0.25) is 0 Å². The van der Waals surface area contributed by atoms with E-state index in [1.165, 1.54) is 41.0 Å². The highest BCUT2D eigenvalue weighted by molar-refractivity contribution is 7.89. The Labute approximate surface area is 233 Å². The first-order valence-corrected chi connectivity index (χ1v) is 14.8. The van der Waals surface area contributed by atoms with Gasteiger partial charge >= 0.3 is 5.97 Å². The quantitative estimate of drug-likeness (QED) is 0.299. The normalized spacial score (nSPS) is 12.4. The van der Waals surface area contributed by atoms with E-state index in [1.54, 1.807) is 6.92 Å². The van der Waals surface area contributed by atoms with Crippen molar-refractivity contribution < 1.29 is 27.8 Å². The zero-order valence-electron chi connectivity index (χ0n) is 22.7. The summed E-state index contributed by atoms with van der Waals surface area (Å²) < 4.78 is 40.4. The van der Waals surface area contributed by atoms with Gasteiger partial charge in [-0.1, -0.05) is 32.9 Å². The summed E-state index contributed by atoms with van der Waals surface area (Å²) in [6.45, 7) is 7.70. The minimum Gasteiger partial charge on any atom is -0.495 e. The highest BCUT2D eigenvalue weighted by Crippen LogP contribution is 2.31. The van der Waals surface area contributed by atoms with E-state index in [0.29, 0.717) is 17.0 Å². The van der Waals surface area contributed by atoms with E-state index in [4.69, 9.17) is 9.47 Å². The number of carbonyl (C=O) groups is 1. The molecular formula is C28H33N3O6S2. The van der Waals surface area contributed by atoms with Crippen molar-refractivity contribution in [1.29, 1.82) is 5.26 Å². The van der Waals surface area contributed by atoms with E-state index >= 15 is 0 Å². The molecule has 0 spiro atoms. The zero-order valence-corrected chi connectivity index (χ0v) is 24.3. The standard InChI is InChI=1S/C28H33N3O6S2/c1-6-24(28(32)33)37-26-14-22(18(2)3)9-8-21(26)11-12-31(16-23-17-38-19(4)30-23)39(34,35)27-13-20(15-29)7-10-25(27)36-5/h7-10,13-14,17-18,24H,6,11-12,16H2,1-5H3,(H,32,33). The summed E-state index contributed by atoms with van der Waals surface area (Å²) >= 11 is 1.42. The first-order valence-electron chi connectivity index (χ1n) is 12.5. The van der Waals surface area contributed by atoms with E-state index in [9.17, 15) is 23.6 Å². The third kappa shape index (κ3) is 7.35. The molecule has 0 saturated heterocycles. The van der Waals surface area contributed by atoms with Gasteiger partial charge < -0.3 is 14.6 Å². The van der Waals surface area contributed by atoms with Crippen LogP contribution in [-0.4, -0.2) is 48.5 Å². The van der Waals surface area contributed by atoms with Gasteiger partial charge in [0.25, 0.3) is 0 Å². The topological polar surface area (TPSA) is 130 Å². The number of carboxylic acid groups (broad SMARTS) is 1. The molecule has 1 aromatic heterocycles. The summed E-state index contributed by atoms with van der Waals surface area (Å²) in [6.07, 6.45) is -0.492. The number of nitrogens with zero attached hydrogens (tertiary/aromatic N) is 3. The molecule has 0 bridgehead atoms. The number of thiazole rings is 1. The Balaban J connectivity index is 2.02. The van der Waals surface area contributed by atoms with Crippen LogP contribution in [0.3, 0.4) is 0 Å². The molecule has 0 fully saturated rings. The molecule has 0 saturated carbocycles. The smallest absolute Gasteiger partial charge is 0.344 e. The van der Waals surface area contributed by atoms with Crippen LogP contribution < -0.4 is 9.47 Å². The highest BCUT2D eigenvalue weighted by atomic mass is 32.2. The molecule has 0 amide bonds. The van der Waals surface area contributed by atoms with Crippen molar-refractivity contribution in [1.82, 2.24) is 9.29 Å². The number of hydrogen-bond acceptors (Lipinski definition) is 8. The monoisotopic (exact) mass is 571 g/mol. The Morgan fingerprint density at radius 3 is 2.51 bits per heavy atom. The van der Waals surface area contributed by atoms with Crippen molar-refractivity contribution in [2.75, 3.05) is 13.7 Å². The summed E-state index contributed by atoms with van der Waals surface area (Å²) in [4.78, 5) is 16.0. The molecule has 1 unspecified atom stereocenters. The third-order valence-electron chi connectivity index (χ3n) is 6.22. The fourth-order valence-corrected chi connectivity index (χ4v) is 6.18. The average molecular weight is 572 g/mol. The van der Waals surface area contributed by atoms with Gasteiger partial charge in [-0.2, -0.15) is 9.57 Å². The fourth-order valence-electron chi connectivity index (χ4n) is 3.99. The molecule has 11 heteroatoms. The number of rotatable bonds is 13. The van der Waals surface area contributed by atoms with Gasteiger partial charge in [-0.25, -0.2) is 18.2 Å². The number of aliphatic carboxylic acids is 1. The van der Waals surface area contributed by atoms with Gasteiger partial charge in [0.1, 0.15) is 16.4 Å². The minimum atomic E-state index is -4.12. The summed E-state index contributed by atoms with van der Waals surface area (Å²) in [5.41, 5.74) is 2.46. The van der Waals surface area contributed by atoms with E-state index in [-0.39, 0.29) is 48.1 Å². The van der Waals surface area contributed by atoms with E-state index < -0.39 is 22.1 Å². The number of nitriles is 1. The lowest BCUT2D eigenvalue weighted by atomic mass is 9.99. The van der Waals surface area contributed by atoms with Crippen molar-refractivity contribution >= 4 is 27.3 Å². The predicted octanol–water partition coefficient (Wildman–Crippen LogP) is 5.13. The number of hydrogen-bond donors (Lipinski definition) is 1. The number of aryl methyl sites for hydroxylation is 1. The molecule has 3 aromatic rings. The van der Waals surface area contributed by atoms with Gasteiger partial charge in [-0.05, 0) is 61.1 Å². The third-order valence-corrected chi connectivity index (χ3v) is 8.91. The maximum Gasteiger partial charge on any atom is 0.344 e. The Kier molecular flexibility index (Phi) is 10.1. The molecular weight excluding hydrogens is 538 g/mol. The van der Waals surface area contributed by atoms with Crippen LogP contribution in [0.25, 0.3) is 0 Å².